The molecule has 2 heterocycles. The van der Waals surface area contributed by atoms with Crippen molar-refractivity contribution in [1.82, 2.24) is 13.9 Å². The van der Waals surface area contributed by atoms with Crippen molar-refractivity contribution in [3.8, 4) is 0 Å². The molecule has 1 N–H and O–H groups in total. The van der Waals surface area contributed by atoms with Gasteiger partial charge in [-0.1, -0.05) is 26.2 Å². The lowest BCUT2D eigenvalue weighted by molar-refractivity contribution is -0.126. The highest BCUT2D eigenvalue weighted by Gasteiger charge is 2.35. The van der Waals surface area contributed by atoms with Crippen LogP contribution in [0.25, 0.3) is 0 Å². The minimum atomic E-state index is -3.41. The van der Waals surface area contributed by atoms with Crippen molar-refractivity contribution in [2.75, 3.05) is 32.7 Å². The predicted octanol–water partition coefficient (Wildman–Crippen LogP) is 1.74. The van der Waals surface area contributed by atoms with Crippen molar-refractivity contribution in [2.24, 2.45) is 5.92 Å². The number of hydrogen-bond acceptors (Lipinski definition) is 3. The first kappa shape index (κ1) is 18.7. The van der Waals surface area contributed by atoms with E-state index in [4.69, 9.17) is 0 Å². The van der Waals surface area contributed by atoms with Crippen LogP contribution in [0, 0.1) is 5.92 Å². The smallest absolute Gasteiger partial charge is 0.281 e. The molecule has 0 aromatic heterocycles. The molecular weight excluding hydrogens is 314 g/mol. The van der Waals surface area contributed by atoms with Gasteiger partial charge in [-0.2, -0.15) is 17.0 Å². The average Bonchev–Trinajstić information content (AvgIpc) is 2.85. The minimum Gasteiger partial charge on any atom is -0.356 e. The van der Waals surface area contributed by atoms with Gasteiger partial charge in [-0.15, -0.1) is 0 Å². The monoisotopic (exact) mass is 345 g/mol. The molecule has 0 bridgehead atoms. The maximum Gasteiger partial charge on any atom is 0.281 e. The van der Waals surface area contributed by atoms with E-state index in [-0.39, 0.29) is 11.8 Å². The van der Waals surface area contributed by atoms with Crippen molar-refractivity contribution < 1.29 is 13.2 Å². The average molecular weight is 346 g/mol. The van der Waals surface area contributed by atoms with Gasteiger partial charge in [0.15, 0.2) is 0 Å². The van der Waals surface area contributed by atoms with Gasteiger partial charge in [0.05, 0.1) is 5.92 Å². The van der Waals surface area contributed by atoms with Crippen molar-refractivity contribution in [1.29, 1.82) is 0 Å². The highest BCUT2D eigenvalue weighted by Crippen LogP contribution is 2.23. The molecule has 134 valence electrons. The second kappa shape index (κ2) is 8.99. The molecule has 0 aromatic carbocycles. The number of unbranched alkanes of at least 4 members (excludes halogenated alkanes) is 1. The summed E-state index contributed by atoms with van der Waals surface area (Å²) in [4.78, 5) is 12.2. The van der Waals surface area contributed by atoms with Gasteiger partial charge in [-0.25, -0.2) is 0 Å². The van der Waals surface area contributed by atoms with Crippen LogP contribution in [0.4, 0.5) is 0 Å². The van der Waals surface area contributed by atoms with Crippen LogP contribution in [0.1, 0.15) is 58.3 Å². The fraction of sp³-hybridized carbons (Fsp3) is 0.938. The molecule has 1 amide bonds. The Kier molecular flexibility index (Phi) is 7.30. The van der Waals surface area contributed by atoms with Crippen molar-refractivity contribution in [2.45, 2.75) is 58.3 Å². The van der Waals surface area contributed by atoms with Gasteiger partial charge in [0.2, 0.25) is 5.91 Å². The Hall–Kier alpha value is -0.660. The van der Waals surface area contributed by atoms with Crippen LogP contribution in [0.5, 0.6) is 0 Å². The van der Waals surface area contributed by atoms with Crippen LogP contribution in [-0.4, -0.2) is 55.7 Å². The summed E-state index contributed by atoms with van der Waals surface area (Å²) in [5.41, 5.74) is 0. The Bertz CT molecular complexity index is 473. The Morgan fingerprint density at radius 2 is 1.70 bits per heavy atom. The first-order valence-electron chi connectivity index (χ1n) is 9.08. The normalized spacial score (nSPS) is 25.0. The molecule has 2 aliphatic rings. The molecule has 0 spiro atoms. The summed E-state index contributed by atoms with van der Waals surface area (Å²) in [6.45, 7) is 4.87. The summed E-state index contributed by atoms with van der Waals surface area (Å²) in [7, 11) is -3.41. The van der Waals surface area contributed by atoms with Crippen LogP contribution in [-0.2, 0) is 15.0 Å². The highest BCUT2D eigenvalue weighted by molar-refractivity contribution is 7.86. The minimum absolute atomic E-state index is 0.00853. The van der Waals surface area contributed by atoms with E-state index < -0.39 is 10.2 Å². The standard InChI is InChI=1S/C16H31N3O3S/c1-2-3-10-17-16(20)15-9-8-13-19(14-15)23(21,22)18-11-6-4-5-7-12-18/h15H,2-14H2,1H3,(H,17,20). The first-order chi connectivity index (χ1) is 11.1. The summed E-state index contributed by atoms with van der Waals surface area (Å²) in [5, 5.41) is 2.94. The third-order valence-electron chi connectivity index (χ3n) is 4.80. The van der Waals surface area contributed by atoms with E-state index in [0.29, 0.717) is 32.7 Å². The number of piperidine rings is 1. The molecule has 0 aliphatic carbocycles. The van der Waals surface area contributed by atoms with Crippen LogP contribution in [0.15, 0.2) is 0 Å². The SMILES string of the molecule is CCCCNC(=O)C1CCCN(S(=O)(=O)N2CCCCCC2)C1. The Morgan fingerprint density at radius 3 is 2.35 bits per heavy atom. The van der Waals surface area contributed by atoms with E-state index in [9.17, 15) is 13.2 Å². The molecule has 23 heavy (non-hydrogen) atoms. The maximum atomic E-state index is 12.8. The number of rotatable bonds is 6. The van der Waals surface area contributed by atoms with E-state index >= 15 is 0 Å². The Labute approximate surface area is 140 Å². The molecule has 1 atom stereocenters. The molecule has 2 rings (SSSR count). The Morgan fingerprint density at radius 1 is 1.04 bits per heavy atom. The lowest BCUT2D eigenvalue weighted by Gasteiger charge is -2.34. The van der Waals surface area contributed by atoms with Gasteiger partial charge in [-0.05, 0) is 32.1 Å². The van der Waals surface area contributed by atoms with E-state index in [1.54, 1.807) is 4.31 Å². The molecule has 0 saturated carbocycles. The zero-order valence-electron chi connectivity index (χ0n) is 14.3. The van der Waals surface area contributed by atoms with Crippen LogP contribution >= 0.6 is 0 Å². The fourth-order valence-corrected chi connectivity index (χ4v) is 5.11. The summed E-state index contributed by atoms with van der Waals surface area (Å²) < 4.78 is 28.8. The third-order valence-corrected chi connectivity index (χ3v) is 6.80. The summed E-state index contributed by atoms with van der Waals surface area (Å²) in [6, 6.07) is 0. The van der Waals surface area contributed by atoms with Crippen molar-refractivity contribution >= 4 is 16.1 Å². The molecular formula is C16H31N3O3S. The fourth-order valence-electron chi connectivity index (χ4n) is 3.33. The second-order valence-electron chi connectivity index (χ2n) is 6.66. The number of carbonyl (C=O) groups excluding carboxylic acids is 1. The number of hydrogen-bond donors (Lipinski definition) is 1. The molecule has 6 nitrogen and oxygen atoms in total. The molecule has 2 fully saturated rings. The summed E-state index contributed by atoms with van der Waals surface area (Å²) in [6.07, 6.45) is 7.64. The molecule has 7 heteroatoms. The summed E-state index contributed by atoms with van der Waals surface area (Å²) in [5.74, 6) is -0.198. The number of carbonyl (C=O) groups is 1. The van der Waals surface area contributed by atoms with Gasteiger partial charge in [-0.3, -0.25) is 4.79 Å². The van der Waals surface area contributed by atoms with Crippen LogP contribution in [0.2, 0.25) is 0 Å². The predicted molar refractivity (Wildman–Crippen MR) is 91.2 cm³/mol. The zero-order valence-corrected chi connectivity index (χ0v) is 15.1. The van der Waals surface area contributed by atoms with E-state index in [0.717, 1.165) is 51.4 Å². The van der Waals surface area contributed by atoms with Gasteiger partial charge >= 0.3 is 0 Å². The quantitative estimate of drug-likeness (QED) is 0.746. The molecule has 2 aliphatic heterocycles. The summed E-state index contributed by atoms with van der Waals surface area (Å²) >= 11 is 0. The number of nitrogens with one attached hydrogen (secondary N) is 1. The van der Waals surface area contributed by atoms with E-state index in [2.05, 4.69) is 12.2 Å². The number of amides is 1. The van der Waals surface area contributed by atoms with Gasteiger partial charge in [0.1, 0.15) is 0 Å². The lowest BCUT2D eigenvalue weighted by Crippen LogP contribution is -2.50. The third kappa shape index (κ3) is 5.16. The topological polar surface area (TPSA) is 69.7 Å². The van der Waals surface area contributed by atoms with Crippen LogP contribution < -0.4 is 5.32 Å². The molecule has 1 unspecified atom stereocenters. The highest BCUT2D eigenvalue weighted by atomic mass is 32.2. The Balaban J connectivity index is 1.94. The zero-order chi connectivity index (χ0) is 16.7. The van der Waals surface area contributed by atoms with E-state index in [1.165, 1.54) is 4.31 Å². The van der Waals surface area contributed by atoms with E-state index in [1.807, 2.05) is 0 Å². The van der Waals surface area contributed by atoms with Crippen molar-refractivity contribution in [3.05, 3.63) is 0 Å². The van der Waals surface area contributed by atoms with Gasteiger partial charge in [0, 0.05) is 32.7 Å². The van der Waals surface area contributed by atoms with Gasteiger partial charge < -0.3 is 5.32 Å². The molecule has 0 radical (unpaired) electrons. The number of nitrogens with zero attached hydrogens (tertiary/aromatic N) is 2. The molecule has 0 aromatic rings. The molecule has 2 saturated heterocycles. The lowest BCUT2D eigenvalue weighted by atomic mass is 9.99. The maximum absolute atomic E-state index is 12.8. The van der Waals surface area contributed by atoms with Crippen molar-refractivity contribution in [3.63, 3.8) is 0 Å². The van der Waals surface area contributed by atoms with Gasteiger partial charge in [0.25, 0.3) is 10.2 Å². The second-order valence-corrected chi connectivity index (χ2v) is 8.59. The first-order valence-corrected chi connectivity index (χ1v) is 10.5. The largest absolute Gasteiger partial charge is 0.356 e. The van der Waals surface area contributed by atoms with Crippen LogP contribution in [0.3, 0.4) is 0 Å².